The summed E-state index contributed by atoms with van der Waals surface area (Å²) >= 11 is 1.57. The van der Waals surface area contributed by atoms with Crippen molar-refractivity contribution in [3.8, 4) is 0 Å². The second-order valence-electron chi connectivity index (χ2n) is 9.33. The molecule has 0 aromatic rings. The third kappa shape index (κ3) is 26.7. The van der Waals surface area contributed by atoms with E-state index in [1.54, 1.807) is 11.8 Å². The van der Waals surface area contributed by atoms with E-state index in [2.05, 4.69) is 12.2 Å². The smallest absolute Gasteiger partial charge is 0.548 e. The molecule has 1 atom stereocenters. The van der Waals surface area contributed by atoms with Crippen LogP contribution in [0.2, 0.25) is 0 Å². The van der Waals surface area contributed by atoms with Crippen LogP contribution in [0.3, 0.4) is 0 Å². The number of thioether (sulfide) groups is 1. The zero-order valence-corrected chi connectivity index (χ0v) is 25.1. The van der Waals surface area contributed by atoms with Gasteiger partial charge in [-0.2, -0.15) is 11.8 Å². The van der Waals surface area contributed by atoms with Crippen LogP contribution in [0.15, 0.2) is 0 Å². The molecule has 0 aliphatic heterocycles. The minimum absolute atomic E-state index is 0. The molecule has 0 fully saturated rings. The molecule has 0 saturated carbocycles. The Labute approximate surface area is 231 Å². The predicted octanol–water partition coefficient (Wildman–Crippen LogP) is 3.80. The van der Waals surface area contributed by atoms with E-state index in [9.17, 15) is 14.7 Å². The number of carboxylic acids is 1. The van der Waals surface area contributed by atoms with Crippen molar-refractivity contribution in [2.75, 3.05) is 12.0 Å². The van der Waals surface area contributed by atoms with Crippen LogP contribution in [-0.2, 0) is 9.59 Å². The molecular formula is C27H52NNaO3S. The zero-order chi connectivity index (χ0) is 23.7. The van der Waals surface area contributed by atoms with E-state index in [1.165, 1.54) is 109 Å². The van der Waals surface area contributed by atoms with Crippen LogP contribution < -0.4 is 40.0 Å². The summed E-state index contributed by atoms with van der Waals surface area (Å²) in [6.07, 6.45) is 28.0. The average Bonchev–Trinajstić information content (AvgIpc) is 2.78. The van der Waals surface area contributed by atoms with Crippen molar-refractivity contribution in [2.45, 2.75) is 148 Å². The molecule has 1 N–H and O–H groups in total. The van der Waals surface area contributed by atoms with Gasteiger partial charge in [-0.1, -0.05) is 122 Å². The van der Waals surface area contributed by atoms with Crippen molar-refractivity contribution in [2.24, 2.45) is 0 Å². The number of carbonyl (C=O) groups excluding carboxylic acids is 2. The number of carbonyl (C=O) groups is 2. The Morgan fingerprint density at radius 1 is 0.697 bits per heavy atom. The molecule has 0 bridgehead atoms. The molecular weight excluding hydrogens is 441 g/mol. The molecule has 0 aromatic carbocycles. The maximum atomic E-state index is 11.9. The van der Waals surface area contributed by atoms with Crippen LogP contribution in [0.4, 0.5) is 0 Å². The Morgan fingerprint density at radius 2 is 1.06 bits per heavy atom. The molecule has 0 saturated heterocycles. The standard InChI is InChI=1S/C27H53NO3S.Na/c1-3-4-5-6-7-8-9-10-11-12-13-14-15-16-17-18-19-20-21-22-26(29)28-25(27(30)31)23-24-32-2;/h25H,3-24H2,1-2H3,(H,28,29)(H,30,31);/q;+1/p-1/t25-;/m0./s1. The van der Waals surface area contributed by atoms with Crippen molar-refractivity contribution in [1.82, 2.24) is 5.32 Å². The van der Waals surface area contributed by atoms with Gasteiger partial charge < -0.3 is 15.2 Å². The summed E-state index contributed by atoms with van der Waals surface area (Å²) in [7, 11) is 0. The fraction of sp³-hybridized carbons (Fsp3) is 0.926. The monoisotopic (exact) mass is 493 g/mol. The first-order valence-electron chi connectivity index (χ1n) is 13.6. The van der Waals surface area contributed by atoms with Crippen LogP contribution >= 0.6 is 11.8 Å². The summed E-state index contributed by atoms with van der Waals surface area (Å²) in [5, 5.41) is 13.7. The van der Waals surface area contributed by atoms with E-state index in [0.29, 0.717) is 18.6 Å². The van der Waals surface area contributed by atoms with Crippen LogP contribution in [0, 0.1) is 0 Å². The van der Waals surface area contributed by atoms with Gasteiger partial charge >= 0.3 is 29.6 Å². The fourth-order valence-electron chi connectivity index (χ4n) is 4.12. The number of amides is 1. The molecule has 0 unspecified atom stereocenters. The summed E-state index contributed by atoms with van der Waals surface area (Å²) in [5.74, 6) is -0.633. The quantitative estimate of drug-likeness (QED) is 0.155. The first kappa shape index (κ1) is 35.5. The van der Waals surface area contributed by atoms with Gasteiger partial charge in [-0.3, -0.25) is 4.79 Å². The summed E-state index contributed by atoms with van der Waals surface area (Å²) in [5.41, 5.74) is 0. The zero-order valence-electron chi connectivity index (χ0n) is 22.3. The largest absolute Gasteiger partial charge is 1.00 e. The SMILES string of the molecule is CCCCCCCCCCCCCCCCCCCCCC(=O)N[C@@H](CCSC)C(=O)[O-].[Na+]. The van der Waals surface area contributed by atoms with Crippen molar-refractivity contribution < 1.29 is 44.3 Å². The summed E-state index contributed by atoms with van der Waals surface area (Å²) < 4.78 is 0. The molecule has 33 heavy (non-hydrogen) atoms. The number of nitrogens with one attached hydrogen (secondary N) is 1. The second-order valence-corrected chi connectivity index (χ2v) is 10.3. The van der Waals surface area contributed by atoms with Gasteiger partial charge in [-0.25, -0.2) is 0 Å². The maximum absolute atomic E-state index is 11.9. The average molecular weight is 494 g/mol. The van der Waals surface area contributed by atoms with Crippen LogP contribution in [0.25, 0.3) is 0 Å². The van der Waals surface area contributed by atoms with Gasteiger partial charge in [0, 0.05) is 6.42 Å². The Kier molecular flexibility index (Phi) is 30.6. The van der Waals surface area contributed by atoms with Gasteiger partial charge in [0.15, 0.2) is 0 Å². The number of carboxylic acid groups (broad SMARTS) is 1. The van der Waals surface area contributed by atoms with Gasteiger partial charge in [0.25, 0.3) is 0 Å². The van der Waals surface area contributed by atoms with Gasteiger partial charge in [0.05, 0.1) is 12.0 Å². The minimum atomic E-state index is -1.18. The summed E-state index contributed by atoms with van der Waals surface area (Å²) in [4.78, 5) is 23.0. The summed E-state index contributed by atoms with van der Waals surface area (Å²) in [6, 6.07) is -0.852. The number of unbranched alkanes of at least 4 members (excludes halogenated alkanes) is 18. The molecule has 0 radical (unpaired) electrons. The Morgan fingerprint density at radius 3 is 1.39 bits per heavy atom. The molecule has 0 aromatic heterocycles. The van der Waals surface area contributed by atoms with E-state index in [-0.39, 0.29) is 35.5 Å². The Balaban J connectivity index is 0. The van der Waals surface area contributed by atoms with Crippen LogP contribution in [0.5, 0.6) is 0 Å². The van der Waals surface area contributed by atoms with E-state index < -0.39 is 12.0 Å². The number of hydrogen-bond acceptors (Lipinski definition) is 4. The topological polar surface area (TPSA) is 69.2 Å². The van der Waals surface area contributed by atoms with Gasteiger partial charge in [0.2, 0.25) is 5.91 Å². The molecule has 0 aliphatic rings. The molecule has 0 heterocycles. The van der Waals surface area contributed by atoms with E-state index in [0.717, 1.165) is 12.8 Å². The Hall–Kier alpha value is 0.290. The van der Waals surface area contributed by atoms with Crippen LogP contribution in [0.1, 0.15) is 142 Å². The third-order valence-electron chi connectivity index (χ3n) is 6.24. The normalized spacial score (nSPS) is 11.7. The molecule has 1 amide bonds. The minimum Gasteiger partial charge on any atom is -0.548 e. The maximum Gasteiger partial charge on any atom is 1.00 e. The molecule has 0 rings (SSSR count). The molecule has 0 spiro atoms. The van der Waals surface area contributed by atoms with Crippen molar-refractivity contribution >= 4 is 23.6 Å². The number of rotatable bonds is 25. The van der Waals surface area contributed by atoms with Gasteiger partial charge in [0.1, 0.15) is 0 Å². The molecule has 190 valence electrons. The third-order valence-corrected chi connectivity index (χ3v) is 6.88. The second kappa shape index (κ2) is 28.5. The van der Waals surface area contributed by atoms with Gasteiger partial charge in [-0.05, 0) is 24.9 Å². The molecule has 6 heteroatoms. The first-order valence-corrected chi connectivity index (χ1v) is 15.0. The fourth-order valence-corrected chi connectivity index (χ4v) is 4.59. The van der Waals surface area contributed by atoms with Crippen molar-refractivity contribution in [1.29, 1.82) is 0 Å². The van der Waals surface area contributed by atoms with Gasteiger partial charge in [-0.15, -0.1) is 0 Å². The molecule has 0 aliphatic carbocycles. The summed E-state index contributed by atoms with van der Waals surface area (Å²) in [6.45, 7) is 2.28. The van der Waals surface area contributed by atoms with E-state index in [1.807, 2.05) is 6.26 Å². The number of hydrogen-bond donors (Lipinski definition) is 1. The van der Waals surface area contributed by atoms with Crippen LogP contribution in [-0.4, -0.2) is 29.9 Å². The number of aliphatic carboxylic acids is 1. The Bertz CT molecular complexity index is 438. The predicted molar refractivity (Wildman–Crippen MR) is 138 cm³/mol. The first-order chi connectivity index (χ1) is 15.6. The van der Waals surface area contributed by atoms with Crippen molar-refractivity contribution in [3.63, 3.8) is 0 Å². The van der Waals surface area contributed by atoms with E-state index in [4.69, 9.17) is 0 Å². The molecule has 4 nitrogen and oxygen atoms in total. The van der Waals surface area contributed by atoms with E-state index >= 15 is 0 Å². The van der Waals surface area contributed by atoms with Crippen molar-refractivity contribution in [3.05, 3.63) is 0 Å².